The normalized spacial score (nSPS) is 13.9. The molecule has 0 aliphatic heterocycles. The molecule has 8 aromatic carbocycles. The molecule has 14 aromatic rings. The third kappa shape index (κ3) is 6.25. The fourth-order valence-electron chi connectivity index (χ4n) is 11.6. The summed E-state index contributed by atoms with van der Waals surface area (Å²) in [7, 11) is 0. The summed E-state index contributed by atoms with van der Waals surface area (Å²) in [5, 5.41) is 17.5. The average Bonchev–Trinajstić information content (AvgIpc) is 4.16. The molecule has 6 aromatic heterocycles. The minimum absolute atomic E-state index is 0.0349. The standard InChI is InChI=1S/C64H44N8/c1-9-28-53-45(20-1)46-21-2-10-29-54(46)69(53)61-37-43(38-62(67-61)70-55-30-11-3-22-47(55)48-23-4-12-31-56(48)70)65-41-18-17-19-42(36-41)66-44-39-63(71-57-32-13-5-24-49(57)50-25-6-14-33-58(50)71)68-64(40-44)72-59-34-15-7-26-51(59)52-27-8-16-35-60(52)72/h1-35,37-41H,36H2,(H,65,67)(H,66,68). The van der Waals surface area contributed by atoms with Gasteiger partial charge in [-0.1, -0.05) is 158 Å². The van der Waals surface area contributed by atoms with Gasteiger partial charge in [0, 0.05) is 90.8 Å². The average molecular weight is 925 g/mol. The highest BCUT2D eigenvalue weighted by molar-refractivity contribution is 6.12. The number of aromatic nitrogens is 6. The van der Waals surface area contributed by atoms with Crippen LogP contribution in [0.4, 0.5) is 11.4 Å². The molecule has 1 aliphatic rings. The summed E-state index contributed by atoms with van der Waals surface area (Å²) in [5.74, 6) is 3.36. The highest BCUT2D eigenvalue weighted by Gasteiger charge is 2.22. The van der Waals surface area contributed by atoms with Crippen molar-refractivity contribution in [3.63, 3.8) is 0 Å². The lowest BCUT2D eigenvalue weighted by Crippen LogP contribution is -2.22. The number of para-hydroxylation sites is 8. The van der Waals surface area contributed by atoms with Gasteiger partial charge in [0.15, 0.2) is 0 Å². The first-order chi connectivity index (χ1) is 35.7. The van der Waals surface area contributed by atoms with Crippen LogP contribution in [0.25, 0.3) is 110 Å². The van der Waals surface area contributed by atoms with Gasteiger partial charge in [-0.05, 0) is 54.6 Å². The van der Waals surface area contributed by atoms with E-state index in [4.69, 9.17) is 9.97 Å². The number of pyridine rings is 2. The maximum absolute atomic E-state index is 5.55. The second-order valence-corrected chi connectivity index (χ2v) is 18.8. The van der Waals surface area contributed by atoms with Crippen LogP contribution < -0.4 is 10.6 Å². The van der Waals surface area contributed by atoms with Gasteiger partial charge in [0.05, 0.1) is 50.2 Å². The van der Waals surface area contributed by atoms with Crippen LogP contribution in [0.2, 0.25) is 0 Å². The van der Waals surface area contributed by atoms with Gasteiger partial charge in [0.1, 0.15) is 23.3 Å². The molecule has 0 radical (unpaired) electrons. The first-order valence-corrected chi connectivity index (χ1v) is 24.6. The number of hydrogen-bond donors (Lipinski definition) is 2. The molecular formula is C64H44N8. The van der Waals surface area contributed by atoms with Gasteiger partial charge in [-0.15, -0.1) is 0 Å². The smallest absolute Gasteiger partial charge is 0.142 e. The number of anilines is 2. The fourth-order valence-corrected chi connectivity index (χ4v) is 11.6. The Labute approximate surface area is 413 Å². The van der Waals surface area contributed by atoms with E-state index in [0.717, 1.165) is 84.5 Å². The molecular weight excluding hydrogens is 881 g/mol. The predicted molar refractivity (Wildman–Crippen MR) is 299 cm³/mol. The number of rotatable bonds is 8. The lowest BCUT2D eigenvalue weighted by atomic mass is 10.0. The molecule has 8 heteroatoms. The minimum atomic E-state index is -0.0349. The van der Waals surface area contributed by atoms with Gasteiger partial charge in [0.2, 0.25) is 0 Å². The van der Waals surface area contributed by atoms with Gasteiger partial charge in [-0.2, -0.15) is 0 Å². The second kappa shape index (κ2) is 15.9. The summed E-state index contributed by atoms with van der Waals surface area (Å²) < 4.78 is 9.23. The Balaban J connectivity index is 0.848. The van der Waals surface area contributed by atoms with Crippen molar-refractivity contribution in [2.45, 2.75) is 12.5 Å². The van der Waals surface area contributed by atoms with Crippen molar-refractivity contribution in [3.8, 4) is 23.3 Å². The topological polar surface area (TPSA) is 69.6 Å². The summed E-state index contributed by atoms with van der Waals surface area (Å²) in [4.78, 5) is 11.1. The monoisotopic (exact) mass is 924 g/mol. The van der Waals surface area contributed by atoms with Crippen molar-refractivity contribution in [3.05, 3.63) is 242 Å². The number of nitrogens with one attached hydrogen (secondary N) is 2. The molecule has 0 spiro atoms. The summed E-state index contributed by atoms with van der Waals surface area (Å²) in [6, 6.07) is 77.8. The molecule has 6 heterocycles. The van der Waals surface area contributed by atoms with E-state index in [1.165, 1.54) is 43.1 Å². The largest absolute Gasteiger partial charge is 0.378 e. The van der Waals surface area contributed by atoms with Crippen LogP contribution in [0, 0.1) is 0 Å². The van der Waals surface area contributed by atoms with Crippen molar-refractivity contribution < 1.29 is 0 Å². The molecule has 0 saturated carbocycles. The zero-order valence-corrected chi connectivity index (χ0v) is 39.0. The van der Waals surface area contributed by atoms with Gasteiger partial charge in [0.25, 0.3) is 0 Å². The van der Waals surface area contributed by atoms with E-state index in [0.29, 0.717) is 6.42 Å². The van der Waals surface area contributed by atoms with Gasteiger partial charge < -0.3 is 10.6 Å². The molecule has 1 unspecified atom stereocenters. The first-order valence-electron chi connectivity index (χ1n) is 24.6. The quantitative estimate of drug-likeness (QED) is 0.159. The number of allylic oxidation sites excluding steroid dienone is 2. The summed E-state index contributed by atoms with van der Waals surface area (Å²) >= 11 is 0. The molecule has 8 nitrogen and oxygen atoms in total. The van der Waals surface area contributed by atoms with Crippen LogP contribution in [0.1, 0.15) is 6.42 Å². The van der Waals surface area contributed by atoms with Crippen molar-refractivity contribution >= 4 is 98.6 Å². The third-order valence-electron chi connectivity index (χ3n) is 14.6. The molecule has 1 aliphatic carbocycles. The molecule has 72 heavy (non-hydrogen) atoms. The highest BCUT2D eigenvalue weighted by Crippen LogP contribution is 2.38. The Morgan fingerprint density at radius 2 is 0.597 bits per heavy atom. The molecule has 0 fully saturated rings. The van der Waals surface area contributed by atoms with Crippen molar-refractivity contribution in [2.75, 3.05) is 10.6 Å². The number of fused-ring (bicyclic) bond motifs is 12. The van der Waals surface area contributed by atoms with E-state index in [1.54, 1.807) is 0 Å². The molecule has 1 atom stereocenters. The molecule has 0 amide bonds. The maximum Gasteiger partial charge on any atom is 0.142 e. The van der Waals surface area contributed by atoms with E-state index in [9.17, 15) is 0 Å². The van der Waals surface area contributed by atoms with Crippen LogP contribution >= 0.6 is 0 Å². The maximum atomic E-state index is 5.55. The van der Waals surface area contributed by atoms with Gasteiger partial charge in [-0.25, -0.2) is 9.97 Å². The Morgan fingerprint density at radius 3 is 0.889 bits per heavy atom. The molecule has 0 bridgehead atoms. The van der Waals surface area contributed by atoms with E-state index in [-0.39, 0.29) is 6.04 Å². The van der Waals surface area contributed by atoms with Crippen LogP contribution in [-0.2, 0) is 0 Å². The van der Waals surface area contributed by atoms with Gasteiger partial charge in [-0.3, -0.25) is 18.3 Å². The number of nitrogens with zero attached hydrogens (tertiary/aromatic N) is 6. The summed E-state index contributed by atoms with van der Waals surface area (Å²) in [6.45, 7) is 0. The second-order valence-electron chi connectivity index (χ2n) is 18.8. The van der Waals surface area contributed by atoms with Crippen molar-refractivity contribution in [1.29, 1.82) is 0 Å². The van der Waals surface area contributed by atoms with Crippen LogP contribution in [0.15, 0.2) is 242 Å². The van der Waals surface area contributed by atoms with E-state index < -0.39 is 0 Å². The van der Waals surface area contributed by atoms with E-state index >= 15 is 0 Å². The molecule has 2 N–H and O–H groups in total. The lowest BCUT2D eigenvalue weighted by molar-refractivity contribution is 0.842. The van der Waals surface area contributed by atoms with Crippen LogP contribution in [0.3, 0.4) is 0 Å². The zero-order chi connectivity index (χ0) is 47.3. The fraction of sp³-hybridized carbons (Fsp3) is 0.0312. The van der Waals surface area contributed by atoms with E-state index in [2.05, 4.69) is 266 Å². The Bertz CT molecular complexity index is 4100. The summed E-state index contributed by atoms with van der Waals surface area (Å²) in [6.07, 6.45) is 7.32. The van der Waals surface area contributed by atoms with Crippen LogP contribution in [0.5, 0.6) is 0 Å². The Hall–Kier alpha value is -9.66. The third-order valence-corrected chi connectivity index (χ3v) is 14.6. The molecule has 15 rings (SSSR count). The highest BCUT2D eigenvalue weighted by atomic mass is 15.2. The number of benzene rings is 8. The SMILES string of the molecule is C1=CC(Nc2cc(-n3c4ccccc4c4ccccc43)nc(-n3c4ccccc4c4ccccc43)c2)CC(Nc2cc(-n3c4ccccc4c4ccccc43)nc(-n3c4ccccc4c4ccccc43)c2)=C1. The van der Waals surface area contributed by atoms with Crippen LogP contribution in [-0.4, -0.2) is 34.3 Å². The van der Waals surface area contributed by atoms with Crippen molar-refractivity contribution in [1.82, 2.24) is 28.2 Å². The zero-order valence-electron chi connectivity index (χ0n) is 39.0. The predicted octanol–water partition coefficient (Wildman–Crippen LogP) is 15.6. The molecule has 340 valence electrons. The lowest BCUT2D eigenvalue weighted by Gasteiger charge is -2.23. The first kappa shape index (κ1) is 40.2. The van der Waals surface area contributed by atoms with E-state index in [1.807, 2.05) is 0 Å². The Kier molecular flexibility index (Phi) is 8.91. The van der Waals surface area contributed by atoms with Gasteiger partial charge >= 0.3 is 0 Å². The summed E-state index contributed by atoms with van der Waals surface area (Å²) in [5.41, 5.74) is 11.9. The Morgan fingerprint density at radius 1 is 0.333 bits per heavy atom. The van der Waals surface area contributed by atoms with Crippen molar-refractivity contribution in [2.24, 2.45) is 0 Å². The molecule has 0 saturated heterocycles. The minimum Gasteiger partial charge on any atom is -0.378 e. The number of hydrogen-bond acceptors (Lipinski definition) is 4.